The number of nitrogens with zero attached hydrogens (tertiary/aromatic N) is 1. The Balaban J connectivity index is 1.55. The third-order valence-corrected chi connectivity index (χ3v) is 4.49. The number of benzene rings is 2. The Labute approximate surface area is 160 Å². The number of anilines is 2. The number of hydrogen-bond donors (Lipinski definition) is 3. The zero-order valence-electron chi connectivity index (χ0n) is 15.9. The number of carbonyl (C=O) groups is 1. The summed E-state index contributed by atoms with van der Waals surface area (Å²) in [5.41, 5.74) is 13.5. The van der Waals surface area contributed by atoms with Crippen molar-refractivity contribution in [2.45, 2.75) is 31.9 Å². The topological polar surface area (TPSA) is 93.6 Å². The highest BCUT2D eigenvalue weighted by atomic mass is 16.5. The van der Waals surface area contributed by atoms with Gasteiger partial charge in [0.1, 0.15) is 11.9 Å². The fourth-order valence-electron chi connectivity index (χ4n) is 3.30. The molecule has 0 radical (unpaired) electrons. The van der Waals surface area contributed by atoms with Gasteiger partial charge in [0.2, 0.25) is 0 Å². The molecule has 27 heavy (non-hydrogen) atoms. The van der Waals surface area contributed by atoms with Crippen molar-refractivity contribution < 1.29 is 9.53 Å². The minimum atomic E-state index is -0.202. The fraction of sp³-hybridized carbons (Fsp3) is 0.381. The summed E-state index contributed by atoms with van der Waals surface area (Å²) < 4.78 is 6.06. The predicted molar refractivity (Wildman–Crippen MR) is 109 cm³/mol. The van der Waals surface area contributed by atoms with Gasteiger partial charge in [-0.25, -0.2) is 0 Å². The largest absolute Gasteiger partial charge is 0.489 e. The van der Waals surface area contributed by atoms with Gasteiger partial charge in [-0.2, -0.15) is 0 Å². The van der Waals surface area contributed by atoms with Gasteiger partial charge in [0, 0.05) is 30.7 Å². The average Bonchev–Trinajstić information content (AvgIpc) is 3.02. The van der Waals surface area contributed by atoms with E-state index in [-0.39, 0.29) is 17.6 Å². The van der Waals surface area contributed by atoms with E-state index < -0.39 is 0 Å². The molecule has 1 aliphatic rings. The smallest absolute Gasteiger partial charge is 0.255 e. The van der Waals surface area contributed by atoms with E-state index in [2.05, 4.69) is 10.2 Å². The number of amides is 1. The van der Waals surface area contributed by atoms with Crippen LogP contribution < -0.4 is 21.5 Å². The van der Waals surface area contributed by atoms with E-state index in [9.17, 15) is 4.79 Å². The van der Waals surface area contributed by atoms with Crippen LogP contribution in [0.4, 0.5) is 11.4 Å². The molecule has 144 valence electrons. The van der Waals surface area contributed by atoms with E-state index in [0.29, 0.717) is 16.9 Å². The first-order valence-electron chi connectivity index (χ1n) is 9.24. The van der Waals surface area contributed by atoms with Crippen LogP contribution >= 0.6 is 0 Å². The molecular weight excluding hydrogens is 340 g/mol. The Bertz CT molecular complexity index is 784. The highest BCUT2D eigenvalue weighted by Crippen LogP contribution is 2.21. The molecule has 1 atom stereocenters. The molecule has 1 saturated heterocycles. The van der Waals surface area contributed by atoms with Crippen molar-refractivity contribution in [3.05, 3.63) is 54.1 Å². The van der Waals surface area contributed by atoms with Gasteiger partial charge >= 0.3 is 0 Å². The standard InChI is InChI=1S/C21H28N4O2/c1-21(2,23)14-25-12-11-17(13-25)27-16-9-7-15(8-10-16)20(26)24-19-6-4-3-5-18(19)22/h3-10,17H,11-14,22-23H2,1-2H3,(H,24,26)/t17-/m0/s1. The Hall–Kier alpha value is -2.57. The minimum Gasteiger partial charge on any atom is -0.489 e. The summed E-state index contributed by atoms with van der Waals surface area (Å²) in [6.07, 6.45) is 1.13. The number of nitrogen functional groups attached to an aromatic ring is 1. The first kappa shape index (κ1) is 19.2. The van der Waals surface area contributed by atoms with Crippen LogP contribution in [0.3, 0.4) is 0 Å². The lowest BCUT2D eigenvalue weighted by molar-refractivity contribution is 0.102. The van der Waals surface area contributed by atoms with Crippen LogP contribution in [-0.4, -0.2) is 42.1 Å². The first-order valence-corrected chi connectivity index (χ1v) is 9.24. The molecule has 1 aliphatic heterocycles. The number of carbonyl (C=O) groups excluding carboxylic acids is 1. The zero-order valence-corrected chi connectivity index (χ0v) is 15.9. The second-order valence-electron chi connectivity index (χ2n) is 7.82. The Morgan fingerprint density at radius 1 is 1.22 bits per heavy atom. The molecule has 1 amide bonds. The molecule has 1 heterocycles. The molecule has 0 aromatic heterocycles. The molecule has 2 aromatic rings. The number of para-hydroxylation sites is 2. The quantitative estimate of drug-likeness (QED) is 0.682. The summed E-state index contributed by atoms with van der Waals surface area (Å²) in [6, 6.07) is 14.4. The second kappa shape index (κ2) is 7.98. The van der Waals surface area contributed by atoms with Crippen molar-refractivity contribution in [1.82, 2.24) is 4.90 Å². The lowest BCUT2D eigenvalue weighted by Gasteiger charge is -2.26. The lowest BCUT2D eigenvalue weighted by atomic mass is 10.1. The molecule has 6 nitrogen and oxygen atoms in total. The molecule has 6 heteroatoms. The summed E-state index contributed by atoms with van der Waals surface area (Å²) in [6.45, 7) is 6.79. The fourth-order valence-corrected chi connectivity index (χ4v) is 3.30. The number of ether oxygens (including phenoxy) is 1. The van der Waals surface area contributed by atoms with E-state index in [4.69, 9.17) is 16.2 Å². The molecule has 0 unspecified atom stereocenters. The average molecular weight is 368 g/mol. The Morgan fingerprint density at radius 2 is 1.93 bits per heavy atom. The maximum absolute atomic E-state index is 12.4. The first-order chi connectivity index (χ1) is 12.8. The van der Waals surface area contributed by atoms with Gasteiger partial charge in [0.05, 0.1) is 11.4 Å². The number of rotatable bonds is 6. The van der Waals surface area contributed by atoms with Crippen LogP contribution in [0.25, 0.3) is 0 Å². The van der Waals surface area contributed by atoms with Crippen LogP contribution in [0.15, 0.2) is 48.5 Å². The zero-order chi connectivity index (χ0) is 19.4. The van der Waals surface area contributed by atoms with Crippen molar-refractivity contribution in [3.8, 4) is 5.75 Å². The maximum atomic E-state index is 12.4. The van der Waals surface area contributed by atoms with Crippen molar-refractivity contribution >= 4 is 17.3 Å². The van der Waals surface area contributed by atoms with Gasteiger partial charge in [-0.05, 0) is 56.7 Å². The van der Waals surface area contributed by atoms with Gasteiger partial charge in [0.25, 0.3) is 5.91 Å². The van der Waals surface area contributed by atoms with Crippen molar-refractivity contribution in [3.63, 3.8) is 0 Å². The van der Waals surface area contributed by atoms with Crippen LogP contribution in [0, 0.1) is 0 Å². The van der Waals surface area contributed by atoms with Gasteiger partial charge in [-0.15, -0.1) is 0 Å². The van der Waals surface area contributed by atoms with Crippen LogP contribution in [0.2, 0.25) is 0 Å². The molecule has 0 aliphatic carbocycles. The van der Waals surface area contributed by atoms with Gasteiger partial charge in [-0.1, -0.05) is 12.1 Å². The number of nitrogens with two attached hydrogens (primary N) is 2. The third kappa shape index (κ3) is 5.45. The molecule has 1 fully saturated rings. The highest BCUT2D eigenvalue weighted by Gasteiger charge is 2.27. The number of hydrogen-bond acceptors (Lipinski definition) is 5. The van der Waals surface area contributed by atoms with Crippen LogP contribution in [0.1, 0.15) is 30.6 Å². The highest BCUT2D eigenvalue weighted by molar-refractivity contribution is 6.05. The molecule has 3 rings (SSSR count). The molecule has 0 saturated carbocycles. The Morgan fingerprint density at radius 3 is 2.59 bits per heavy atom. The predicted octanol–water partition coefficient (Wildman–Crippen LogP) is 2.71. The van der Waals surface area contributed by atoms with E-state index >= 15 is 0 Å². The van der Waals surface area contributed by atoms with Crippen molar-refractivity contribution in [2.75, 3.05) is 30.7 Å². The monoisotopic (exact) mass is 368 g/mol. The second-order valence-corrected chi connectivity index (χ2v) is 7.82. The van der Waals surface area contributed by atoms with Crippen LogP contribution in [0.5, 0.6) is 5.75 Å². The lowest BCUT2D eigenvalue weighted by Crippen LogP contribution is -2.44. The maximum Gasteiger partial charge on any atom is 0.255 e. The number of nitrogens with one attached hydrogen (secondary N) is 1. The van der Waals surface area contributed by atoms with E-state index in [1.165, 1.54) is 0 Å². The molecule has 2 aromatic carbocycles. The van der Waals surface area contributed by atoms with E-state index in [0.717, 1.165) is 31.8 Å². The van der Waals surface area contributed by atoms with Crippen LogP contribution in [-0.2, 0) is 0 Å². The SMILES string of the molecule is CC(C)(N)CN1CC[C@H](Oc2ccc(C(=O)Nc3ccccc3N)cc2)C1. The summed E-state index contributed by atoms with van der Waals surface area (Å²) in [4.78, 5) is 14.7. The summed E-state index contributed by atoms with van der Waals surface area (Å²) in [5.74, 6) is 0.571. The molecule has 0 bridgehead atoms. The third-order valence-electron chi connectivity index (χ3n) is 4.49. The molecule has 5 N–H and O–H groups in total. The normalized spacial score (nSPS) is 17.7. The van der Waals surface area contributed by atoms with Gasteiger partial charge < -0.3 is 21.5 Å². The summed E-state index contributed by atoms with van der Waals surface area (Å²) in [5, 5.41) is 2.82. The van der Waals surface area contributed by atoms with E-state index in [1.54, 1.807) is 24.3 Å². The summed E-state index contributed by atoms with van der Waals surface area (Å²) in [7, 11) is 0. The molecule has 0 spiro atoms. The van der Waals surface area contributed by atoms with Gasteiger partial charge in [-0.3, -0.25) is 9.69 Å². The number of likely N-dealkylation sites (tertiary alicyclic amines) is 1. The van der Waals surface area contributed by atoms with Gasteiger partial charge in [0.15, 0.2) is 0 Å². The van der Waals surface area contributed by atoms with Crippen molar-refractivity contribution in [1.29, 1.82) is 0 Å². The van der Waals surface area contributed by atoms with E-state index in [1.807, 2.05) is 38.1 Å². The Kier molecular flexibility index (Phi) is 5.68. The minimum absolute atomic E-state index is 0.149. The molecular formula is C21H28N4O2. The van der Waals surface area contributed by atoms with Crippen molar-refractivity contribution in [2.24, 2.45) is 5.73 Å². The summed E-state index contributed by atoms with van der Waals surface area (Å²) >= 11 is 0.